The Morgan fingerprint density at radius 3 is 2.74 bits per heavy atom. The third-order valence-corrected chi connectivity index (χ3v) is 2.48. The van der Waals surface area contributed by atoms with Crippen molar-refractivity contribution in [3.8, 4) is 11.5 Å². The molecule has 1 aromatic heterocycles. The molecule has 0 spiro atoms. The summed E-state index contributed by atoms with van der Waals surface area (Å²) >= 11 is 0. The van der Waals surface area contributed by atoms with Gasteiger partial charge in [0.15, 0.2) is 0 Å². The van der Waals surface area contributed by atoms with Crippen LogP contribution in [0.2, 0.25) is 0 Å². The highest BCUT2D eigenvalue weighted by Crippen LogP contribution is 2.22. The molecule has 0 radical (unpaired) electrons. The number of nitrogens with zero attached hydrogens (tertiary/aromatic N) is 2. The first-order valence-corrected chi connectivity index (χ1v) is 5.75. The van der Waals surface area contributed by atoms with E-state index < -0.39 is 0 Å². The maximum atomic E-state index is 5.26. The minimum absolute atomic E-state index is 0.681. The first-order valence-electron chi connectivity index (χ1n) is 5.75. The monoisotopic (exact) mass is 257 g/mol. The molecule has 0 bridgehead atoms. The first-order chi connectivity index (χ1) is 9.33. The van der Waals surface area contributed by atoms with Crippen LogP contribution < -0.4 is 14.9 Å². The van der Waals surface area contributed by atoms with Crippen molar-refractivity contribution in [1.29, 1.82) is 0 Å². The Hall–Kier alpha value is -2.56. The molecule has 1 N–H and O–H groups in total. The number of benzene rings is 1. The zero-order chi connectivity index (χ0) is 13.5. The van der Waals surface area contributed by atoms with Crippen molar-refractivity contribution in [1.82, 2.24) is 4.98 Å². The average molecular weight is 257 g/mol. The van der Waals surface area contributed by atoms with Crippen molar-refractivity contribution in [3.05, 3.63) is 48.2 Å². The van der Waals surface area contributed by atoms with Gasteiger partial charge in [0.1, 0.15) is 17.3 Å². The molecule has 0 aliphatic carbocycles. The van der Waals surface area contributed by atoms with E-state index in [-0.39, 0.29) is 0 Å². The maximum absolute atomic E-state index is 5.26. The van der Waals surface area contributed by atoms with Gasteiger partial charge in [-0.1, -0.05) is 6.07 Å². The Bertz CT molecular complexity index is 556. The smallest absolute Gasteiger partial charge is 0.146 e. The van der Waals surface area contributed by atoms with Crippen LogP contribution in [0.15, 0.2) is 47.7 Å². The quantitative estimate of drug-likeness (QED) is 0.660. The summed E-state index contributed by atoms with van der Waals surface area (Å²) in [5.74, 6) is 2.16. The van der Waals surface area contributed by atoms with Crippen LogP contribution in [0.1, 0.15) is 5.56 Å². The van der Waals surface area contributed by atoms with Gasteiger partial charge in [0.05, 0.1) is 20.4 Å². The number of pyridine rings is 1. The Labute approximate surface area is 111 Å². The molecule has 19 heavy (non-hydrogen) atoms. The SMILES string of the molecule is COc1ccc(OC)c(/C=N\Nc2ccccn2)c1. The molecule has 0 saturated heterocycles. The summed E-state index contributed by atoms with van der Waals surface area (Å²) in [7, 11) is 3.24. The van der Waals surface area contributed by atoms with E-state index in [0.29, 0.717) is 5.82 Å². The zero-order valence-corrected chi connectivity index (χ0v) is 10.8. The molecule has 2 aromatic rings. The molecule has 0 unspecified atom stereocenters. The molecule has 1 heterocycles. The van der Waals surface area contributed by atoms with Crippen LogP contribution in [-0.2, 0) is 0 Å². The van der Waals surface area contributed by atoms with Gasteiger partial charge in [0, 0.05) is 11.8 Å². The van der Waals surface area contributed by atoms with Gasteiger partial charge < -0.3 is 9.47 Å². The fraction of sp³-hybridized carbons (Fsp3) is 0.143. The van der Waals surface area contributed by atoms with E-state index in [1.807, 2.05) is 36.4 Å². The van der Waals surface area contributed by atoms with E-state index in [1.165, 1.54) is 0 Å². The van der Waals surface area contributed by atoms with Crippen molar-refractivity contribution < 1.29 is 9.47 Å². The second-order valence-corrected chi connectivity index (χ2v) is 3.69. The second-order valence-electron chi connectivity index (χ2n) is 3.69. The molecule has 0 amide bonds. The van der Waals surface area contributed by atoms with Crippen LogP contribution in [0.4, 0.5) is 5.82 Å². The van der Waals surface area contributed by atoms with E-state index in [1.54, 1.807) is 26.6 Å². The van der Waals surface area contributed by atoms with E-state index in [2.05, 4.69) is 15.5 Å². The molecule has 5 heteroatoms. The summed E-state index contributed by atoms with van der Waals surface area (Å²) in [6.45, 7) is 0. The van der Waals surface area contributed by atoms with Crippen LogP contribution >= 0.6 is 0 Å². The minimum atomic E-state index is 0.681. The van der Waals surface area contributed by atoms with Crippen molar-refractivity contribution in [2.45, 2.75) is 0 Å². The van der Waals surface area contributed by atoms with Crippen molar-refractivity contribution in [2.24, 2.45) is 5.10 Å². The lowest BCUT2D eigenvalue weighted by Gasteiger charge is -2.06. The number of aromatic nitrogens is 1. The van der Waals surface area contributed by atoms with Gasteiger partial charge in [-0.05, 0) is 30.3 Å². The van der Waals surface area contributed by atoms with Gasteiger partial charge in [-0.25, -0.2) is 4.98 Å². The topological polar surface area (TPSA) is 55.7 Å². The van der Waals surface area contributed by atoms with Gasteiger partial charge in [-0.2, -0.15) is 5.10 Å². The second kappa shape index (κ2) is 6.39. The summed E-state index contributed by atoms with van der Waals surface area (Å²) in [6.07, 6.45) is 3.36. The van der Waals surface area contributed by atoms with E-state index >= 15 is 0 Å². The summed E-state index contributed by atoms with van der Waals surface area (Å²) < 4.78 is 10.4. The molecule has 0 atom stereocenters. The lowest BCUT2D eigenvalue weighted by Crippen LogP contribution is -1.96. The van der Waals surface area contributed by atoms with E-state index in [9.17, 15) is 0 Å². The number of methoxy groups -OCH3 is 2. The number of ether oxygens (including phenoxy) is 2. The van der Waals surface area contributed by atoms with Crippen LogP contribution in [0.3, 0.4) is 0 Å². The Morgan fingerprint density at radius 2 is 2.05 bits per heavy atom. The highest BCUT2D eigenvalue weighted by atomic mass is 16.5. The molecular formula is C14H15N3O2. The predicted octanol–water partition coefficient (Wildman–Crippen LogP) is 2.54. The van der Waals surface area contributed by atoms with Crippen LogP contribution in [-0.4, -0.2) is 25.4 Å². The highest BCUT2D eigenvalue weighted by Gasteiger charge is 2.02. The van der Waals surface area contributed by atoms with Crippen molar-refractivity contribution >= 4 is 12.0 Å². The summed E-state index contributed by atoms with van der Waals surface area (Å²) in [4.78, 5) is 4.11. The van der Waals surface area contributed by atoms with Gasteiger partial charge in [0.2, 0.25) is 0 Å². The van der Waals surface area contributed by atoms with Gasteiger partial charge in [0.25, 0.3) is 0 Å². The number of nitrogens with one attached hydrogen (secondary N) is 1. The molecule has 0 aliphatic rings. The molecule has 0 saturated carbocycles. The average Bonchev–Trinajstić information content (AvgIpc) is 2.48. The predicted molar refractivity (Wildman–Crippen MR) is 75.0 cm³/mol. The molecule has 0 aliphatic heterocycles. The Kier molecular flexibility index (Phi) is 4.34. The number of hydrazone groups is 1. The van der Waals surface area contributed by atoms with Crippen molar-refractivity contribution in [3.63, 3.8) is 0 Å². The molecule has 0 fully saturated rings. The lowest BCUT2D eigenvalue weighted by molar-refractivity contribution is 0.402. The van der Waals surface area contributed by atoms with Crippen molar-refractivity contribution in [2.75, 3.05) is 19.6 Å². The summed E-state index contributed by atoms with van der Waals surface area (Å²) in [6, 6.07) is 11.1. The third kappa shape index (κ3) is 3.45. The van der Waals surface area contributed by atoms with Crippen LogP contribution in [0.5, 0.6) is 11.5 Å². The normalized spacial score (nSPS) is 10.4. The molecular weight excluding hydrogens is 242 g/mol. The Balaban J connectivity index is 2.13. The highest BCUT2D eigenvalue weighted by molar-refractivity contribution is 5.84. The number of anilines is 1. The summed E-state index contributed by atoms with van der Waals surface area (Å²) in [5.41, 5.74) is 3.67. The molecule has 98 valence electrons. The first kappa shape index (κ1) is 12.9. The van der Waals surface area contributed by atoms with Gasteiger partial charge >= 0.3 is 0 Å². The third-order valence-electron chi connectivity index (χ3n) is 2.48. The lowest BCUT2D eigenvalue weighted by atomic mass is 10.2. The zero-order valence-electron chi connectivity index (χ0n) is 10.8. The standard InChI is InChI=1S/C14H15N3O2/c1-18-12-6-7-13(19-2)11(9-12)10-16-17-14-5-3-4-8-15-14/h3-10H,1-2H3,(H,15,17)/b16-10-. The largest absolute Gasteiger partial charge is 0.497 e. The van der Waals surface area contributed by atoms with Crippen LogP contribution in [0, 0.1) is 0 Å². The Morgan fingerprint density at radius 1 is 1.16 bits per heavy atom. The molecule has 5 nitrogen and oxygen atoms in total. The fourth-order valence-electron chi connectivity index (χ4n) is 1.54. The maximum Gasteiger partial charge on any atom is 0.146 e. The molecule has 2 rings (SSSR count). The van der Waals surface area contributed by atoms with Crippen LogP contribution in [0.25, 0.3) is 0 Å². The van der Waals surface area contributed by atoms with Gasteiger partial charge in [-0.15, -0.1) is 0 Å². The minimum Gasteiger partial charge on any atom is -0.497 e. The fourth-order valence-corrected chi connectivity index (χ4v) is 1.54. The molecule has 1 aromatic carbocycles. The van der Waals surface area contributed by atoms with E-state index in [0.717, 1.165) is 17.1 Å². The van der Waals surface area contributed by atoms with Gasteiger partial charge in [-0.3, -0.25) is 5.43 Å². The number of rotatable bonds is 5. The number of hydrogen-bond acceptors (Lipinski definition) is 5. The summed E-state index contributed by atoms with van der Waals surface area (Å²) in [5, 5.41) is 4.12. The van der Waals surface area contributed by atoms with E-state index in [4.69, 9.17) is 9.47 Å². The number of hydrogen-bond donors (Lipinski definition) is 1.